The molecule has 1 aromatic rings. The second-order valence-corrected chi connectivity index (χ2v) is 6.35. The minimum absolute atomic E-state index is 0.506. The fraction of sp³-hybridized carbons (Fsp3) is 0.588. The number of carboxylic acid groups (broad SMARTS) is 1. The van der Waals surface area contributed by atoms with Crippen molar-refractivity contribution in [1.29, 1.82) is 0 Å². The van der Waals surface area contributed by atoms with Gasteiger partial charge >= 0.3 is 5.97 Å². The van der Waals surface area contributed by atoms with Crippen LogP contribution in [0, 0.1) is 11.8 Å². The Morgan fingerprint density at radius 1 is 1.43 bits per heavy atom. The van der Waals surface area contributed by atoms with Crippen molar-refractivity contribution in [3.63, 3.8) is 0 Å². The summed E-state index contributed by atoms with van der Waals surface area (Å²) >= 11 is 0. The average Bonchev–Trinajstić information content (AvgIpc) is 2.94. The highest BCUT2D eigenvalue weighted by Crippen LogP contribution is 2.28. The van der Waals surface area contributed by atoms with Gasteiger partial charge < -0.3 is 15.3 Å². The maximum atomic E-state index is 12.0. The monoisotopic (exact) mass is 290 g/mol. The summed E-state index contributed by atoms with van der Waals surface area (Å²) in [6.07, 6.45) is 1.16. The van der Waals surface area contributed by atoms with Crippen molar-refractivity contribution in [1.82, 2.24) is 10.2 Å². The molecule has 1 aliphatic heterocycles. The summed E-state index contributed by atoms with van der Waals surface area (Å²) in [7, 11) is 1.73. The summed E-state index contributed by atoms with van der Waals surface area (Å²) in [6, 6.07) is 9.48. The molecule has 2 unspecified atom stereocenters. The molecular weight excluding hydrogens is 264 g/mol. The molecule has 1 aromatic carbocycles. The number of carboxylic acids is 1. The smallest absolute Gasteiger partial charge is 0.329 e. The van der Waals surface area contributed by atoms with Crippen LogP contribution in [-0.4, -0.2) is 42.7 Å². The van der Waals surface area contributed by atoms with E-state index in [9.17, 15) is 9.90 Å². The second kappa shape index (κ2) is 6.58. The quantitative estimate of drug-likeness (QED) is 0.843. The van der Waals surface area contributed by atoms with Crippen molar-refractivity contribution < 1.29 is 9.90 Å². The first kappa shape index (κ1) is 16.0. The van der Waals surface area contributed by atoms with Crippen LogP contribution >= 0.6 is 0 Å². The Labute approximate surface area is 127 Å². The van der Waals surface area contributed by atoms with Crippen molar-refractivity contribution in [2.45, 2.75) is 25.8 Å². The highest BCUT2D eigenvalue weighted by molar-refractivity contribution is 5.81. The first-order valence-electron chi connectivity index (χ1n) is 7.70. The number of hydrogen-bond donors (Lipinski definition) is 2. The van der Waals surface area contributed by atoms with Crippen LogP contribution in [0.15, 0.2) is 30.3 Å². The van der Waals surface area contributed by atoms with Crippen LogP contribution in [-0.2, 0) is 10.3 Å². The van der Waals surface area contributed by atoms with E-state index in [4.69, 9.17) is 0 Å². The van der Waals surface area contributed by atoms with Crippen molar-refractivity contribution in [3.05, 3.63) is 35.9 Å². The topological polar surface area (TPSA) is 52.6 Å². The van der Waals surface area contributed by atoms with E-state index in [0.29, 0.717) is 18.4 Å². The van der Waals surface area contributed by atoms with E-state index < -0.39 is 11.5 Å². The molecule has 2 N–H and O–H groups in total. The Morgan fingerprint density at radius 2 is 2.10 bits per heavy atom. The van der Waals surface area contributed by atoms with Crippen molar-refractivity contribution >= 4 is 5.97 Å². The van der Waals surface area contributed by atoms with Gasteiger partial charge in [0, 0.05) is 13.1 Å². The van der Waals surface area contributed by atoms with Gasteiger partial charge in [0.1, 0.15) is 0 Å². The average molecular weight is 290 g/mol. The Morgan fingerprint density at radius 3 is 2.57 bits per heavy atom. The Balaban J connectivity index is 2.21. The van der Waals surface area contributed by atoms with Gasteiger partial charge in [-0.1, -0.05) is 44.2 Å². The van der Waals surface area contributed by atoms with Gasteiger partial charge in [-0.15, -0.1) is 0 Å². The third kappa shape index (κ3) is 3.27. The van der Waals surface area contributed by atoms with Gasteiger partial charge in [-0.05, 0) is 37.4 Å². The largest absolute Gasteiger partial charge is 0.480 e. The molecule has 0 aromatic heterocycles. The van der Waals surface area contributed by atoms with Crippen LogP contribution < -0.4 is 5.32 Å². The second-order valence-electron chi connectivity index (χ2n) is 6.35. The van der Waals surface area contributed by atoms with Gasteiger partial charge in [-0.25, -0.2) is 4.79 Å². The molecule has 1 aliphatic rings. The van der Waals surface area contributed by atoms with Gasteiger partial charge in [-0.2, -0.15) is 0 Å². The minimum atomic E-state index is -1.03. The summed E-state index contributed by atoms with van der Waals surface area (Å²) in [5.41, 5.74) is -0.222. The highest BCUT2D eigenvalue weighted by Gasteiger charge is 2.42. The van der Waals surface area contributed by atoms with Crippen LogP contribution in [0.4, 0.5) is 0 Å². The molecule has 2 atom stereocenters. The first-order chi connectivity index (χ1) is 9.99. The molecule has 1 saturated heterocycles. The van der Waals surface area contributed by atoms with Crippen molar-refractivity contribution in [2.24, 2.45) is 11.8 Å². The highest BCUT2D eigenvalue weighted by atomic mass is 16.4. The predicted molar refractivity (Wildman–Crippen MR) is 84.2 cm³/mol. The molecule has 0 radical (unpaired) electrons. The van der Waals surface area contributed by atoms with Gasteiger partial charge in [-0.3, -0.25) is 0 Å². The lowest BCUT2D eigenvalue weighted by Crippen LogP contribution is -2.54. The molecule has 4 heteroatoms. The molecule has 0 bridgehead atoms. The van der Waals surface area contributed by atoms with E-state index >= 15 is 0 Å². The van der Waals surface area contributed by atoms with Crippen LogP contribution in [0.1, 0.15) is 25.8 Å². The van der Waals surface area contributed by atoms with Crippen molar-refractivity contribution in [3.8, 4) is 0 Å². The van der Waals surface area contributed by atoms with Crippen LogP contribution in [0.3, 0.4) is 0 Å². The van der Waals surface area contributed by atoms with Gasteiger partial charge in [0.05, 0.1) is 0 Å². The number of benzene rings is 1. The molecule has 4 nitrogen and oxygen atoms in total. The standard InChI is InChI=1S/C17H26N2O2/c1-13(2)14-9-10-19(11-14)12-17(18-3,16(20)21)15-7-5-4-6-8-15/h4-8,13-14,18H,9-12H2,1-3H3,(H,20,21). The molecule has 0 spiro atoms. The fourth-order valence-corrected chi connectivity index (χ4v) is 3.22. The summed E-state index contributed by atoms with van der Waals surface area (Å²) in [5, 5.41) is 12.9. The number of nitrogens with zero attached hydrogens (tertiary/aromatic N) is 1. The lowest BCUT2D eigenvalue weighted by Gasteiger charge is -2.34. The number of aliphatic carboxylic acids is 1. The van der Waals surface area contributed by atoms with E-state index in [1.807, 2.05) is 30.3 Å². The summed E-state index contributed by atoms with van der Waals surface area (Å²) in [4.78, 5) is 14.2. The molecule has 2 rings (SSSR count). The summed E-state index contributed by atoms with van der Waals surface area (Å²) in [5.74, 6) is 0.508. The lowest BCUT2D eigenvalue weighted by molar-refractivity contribution is -0.146. The number of nitrogens with one attached hydrogen (secondary N) is 1. The number of hydrogen-bond acceptors (Lipinski definition) is 3. The first-order valence-corrected chi connectivity index (χ1v) is 7.70. The zero-order chi connectivity index (χ0) is 15.5. The number of likely N-dealkylation sites (N-methyl/N-ethyl adjacent to an activating group) is 1. The van der Waals surface area contributed by atoms with E-state index in [0.717, 1.165) is 25.1 Å². The maximum Gasteiger partial charge on any atom is 0.329 e. The Hall–Kier alpha value is -1.39. The molecule has 0 amide bonds. The molecule has 0 aliphatic carbocycles. The van der Waals surface area contributed by atoms with E-state index in [1.165, 1.54) is 0 Å². The lowest BCUT2D eigenvalue weighted by atomic mass is 9.89. The molecule has 0 saturated carbocycles. The van der Waals surface area contributed by atoms with Gasteiger partial charge in [0.15, 0.2) is 5.54 Å². The number of rotatable bonds is 6. The van der Waals surface area contributed by atoms with Crippen molar-refractivity contribution in [2.75, 3.05) is 26.7 Å². The predicted octanol–water partition coefficient (Wildman–Crippen LogP) is 2.16. The molecule has 1 heterocycles. The summed E-state index contributed by atoms with van der Waals surface area (Å²) in [6.45, 7) is 6.96. The van der Waals surface area contributed by atoms with Crippen LogP contribution in [0.25, 0.3) is 0 Å². The molecular formula is C17H26N2O2. The molecule has 21 heavy (non-hydrogen) atoms. The fourth-order valence-electron chi connectivity index (χ4n) is 3.22. The number of carbonyl (C=O) groups is 1. The van der Waals surface area contributed by atoms with E-state index in [2.05, 4.69) is 24.1 Å². The Bertz CT molecular complexity index is 475. The zero-order valence-corrected chi connectivity index (χ0v) is 13.2. The SMILES string of the molecule is CNC(CN1CCC(C(C)C)C1)(C(=O)O)c1ccccc1. The van der Waals surface area contributed by atoms with Crippen LogP contribution in [0.5, 0.6) is 0 Å². The third-order valence-electron chi connectivity index (χ3n) is 4.77. The molecule has 1 fully saturated rings. The third-order valence-corrected chi connectivity index (χ3v) is 4.77. The maximum absolute atomic E-state index is 12.0. The summed E-state index contributed by atoms with van der Waals surface area (Å²) < 4.78 is 0. The molecule has 116 valence electrons. The Kier molecular flexibility index (Phi) is 5.01. The van der Waals surface area contributed by atoms with Gasteiger partial charge in [0.25, 0.3) is 0 Å². The van der Waals surface area contributed by atoms with E-state index in [-0.39, 0.29) is 0 Å². The normalized spacial score (nSPS) is 22.4. The van der Waals surface area contributed by atoms with Crippen LogP contribution in [0.2, 0.25) is 0 Å². The van der Waals surface area contributed by atoms with Gasteiger partial charge in [0.2, 0.25) is 0 Å². The van der Waals surface area contributed by atoms with E-state index in [1.54, 1.807) is 7.05 Å². The minimum Gasteiger partial charge on any atom is -0.480 e. The number of likely N-dealkylation sites (tertiary alicyclic amines) is 1. The zero-order valence-electron chi connectivity index (χ0n) is 13.2.